The lowest BCUT2D eigenvalue weighted by Crippen LogP contribution is -2.25. The summed E-state index contributed by atoms with van der Waals surface area (Å²) >= 11 is 0. The minimum atomic E-state index is -2.82. The lowest BCUT2D eigenvalue weighted by molar-refractivity contribution is 0.234. The van der Waals surface area contributed by atoms with Crippen LogP contribution in [0.25, 0.3) is 0 Å². The highest BCUT2D eigenvalue weighted by Gasteiger charge is 2.06. The summed E-state index contributed by atoms with van der Waals surface area (Å²) in [5.41, 5.74) is 0. The molecule has 0 aromatic rings. The second-order valence-corrected chi connectivity index (χ2v) is 6.05. The average Bonchev–Trinajstić information content (AvgIpc) is 2.17. The lowest BCUT2D eigenvalue weighted by atomic mass is 10.2. The van der Waals surface area contributed by atoms with Crippen molar-refractivity contribution in [2.75, 3.05) is 31.2 Å². The summed E-state index contributed by atoms with van der Waals surface area (Å²) in [6, 6.07) is 0. The molecule has 0 aliphatic rings. The van der Waals surface area contributed by atoms with E-state index < -0.39 is 9.84 Å². The first kappa shape index (κ1) is 13.9. The highest BCUT2D eigenvalue weighted by Crippen LogP contribution is 1.93. The van der Waals surface area contributed by atoms with Crippen molar-refractivity contribution in [1.29, 1.82) is 0 Å². The number of rotatable bonds is 8. The zero-order valence-corrected chi connectivity index (χ0v) is 9.81. The minimum Gasteiger partial charge on any atom is -0.396 e. The number of aliphatic hydroxyl groups is 1. The molecule has 0 amide bonds. The molecular weight excluding hydrogens is 202 g/mol. The molecule has 0 saturated heterocycles. The number of aliphatic hydroxyl groups excluding tert-OH is 1. The van der Waals surface area contributed by atoms with E-state index in [4.69, 9.17) is 5.11 Å². The summed E-state index contributed by atoms with van der Waals surface area (Å²) in [4.78, 5) is 0. The van der Waals surface area contributed by atoms with Crippen LogP contribution in [0.3, 0.4) is 0 Å². The van der Waals surface area contributed by atoms with Gasteiger partial charge in [0.15, 0.2) is 0 Å². The highest BCUT2D eigenvalue weighted by atomic mass is 32.2. The zero-order valence-electron chi connectivity index (χ0n) is 8.99. The van der Waals surface area contributed by atoms with Gasteiger partial charge in [-0.3, -0.25) is 0 Å². The van der Waals surface area contributed by atoms with Crippen molar-refractivity contribution < 1.29 is 13.5 Å². The Bertz CT molecular complexity index is 226. The molecule has 1 unspecified atom stereocenters. The fraction of sp³-hybridized carbons (Fsp3) is 1.00. The predicted octanol–water partition coefficient (Wildman–Crippen LogP) is 0.0292. The highest BCUT2D eigenvalue weighted by molar-refractivity contribution is 7.91. The van der Waals surface area contributed by atoms with Gasteiger partial charge in [-0.25, -0.2) is 8.42 Å². The molecule has 5 heteroatoms. The Morgan fingerprint density at radius 2 is 2.07 bits per heavy atom. The van der Waals surface area contributed by atoms with Gasteiger partial charge in [-0.2, -0.15) is 0 Å². The quantitative estimate of drug-likeness (QED) is 0.570. The largest absolute Gasteiger partial charge is 0.396 e. The normalized spacial score (nSPS) is 14.2. The first-order valence-corrected chi connectivity index (χ1v) is 6.86. The van der Waals surface area contributed by atoms with Crippen LogP contribution in [0.15, 0.2) is 0 Å². The molecule has 14 heavy (non-hydrogen) atoms. The van der Waals surface area contributed by atoms with E-state index in [0.29, 0.717) is 13.0 Å². The Kier molecular flexibility index (Phi) is 7.13. The maximum Gasteiger partial charge on any atom is 0.150 e. The van der Waals surface area contributed by atoms with Crippen LogP contribution < -0.4 is 5.32 Å². The van der Waals surface area contributed by atoms with Gasteiger partial charge in [-0.05, 0) is 25.4 Å². The SMILES string of the molecule is CCS(=O)(=O)CCCNCC(C)CO. The Labute approximate surface area is 86.6 Å². The summed E-state index contributed by atoms with van der Waals surface area (Å²) in [7, 11) is -2.82. The van der Waals surface area contributed by atoms with Gasteiger partial charge in [0.2, 0.25) is 0 Å². The van der Waals surface area contributed by atoms with E-state index in [-0.39, 0.29) is 24.0 Å². The summed E-state index contributed by atoms with van der Waals surface area (Å²) < 4.78 is 22.2. The van der Waals surface area contributed by atoms with Gasteiger partial charge in [-0.1, -0.05) is 13.8 Å². The summed E-state index contributed by atoms with van der Waals surface area (Å²) in [5.74, 6) is 0.710. The Morgan fingerprint density at radius 1 is 1.43 bits per heavy atom. The van der Waals surface area contributed by atoms with Crippen LogP contribution in [0, 0.1) is 5.92 Å². The number of sulfone groups is 1. The summed E-state index contributed by atoms with van der Waals surface area (Å²) in [6.45, 7) is 5.21. The van der Waals surface area contributed by atoms with E-state index in [9.17, 15) is 8.42 Å². The molecule has 1 atom stereocenters. The van der Waals surface area contributed by atoms with Gasteiger partial charge in [0.1, 0.15) is 9.84 Å². The van der Waals surface area contributed by atoms with Gasteiger partial charge in [0, 0.05) is 12.4 Å². The molecule has 0 spiro atoms. The fourth-order valence-corrected chi connectivity index (χ4v) is 1.85. The average molecular weight is 223 g/mol. The topological polar surface area (TPSA) is 66.4 Å². The van der Waals surface area contributed by atoms with Crippen LogP contribution in [0.5, 0.6) is 0 Å². The molecule has 86 valence electrons. The molecule has 0 bridgehead atoms. The molecule has 0 aromatic carbocycles. The number of hydrogen-bond acceptors (Lipinski definition) is 4. The van der Waals surface area contributed by atoms with E-state index in [2.05, 4.69) is 5.32 Å². The van der Waals surface area contributed by atoms with Crippen molar-refractivity contribution in [3.05, 3.63) is 0 Å². The van der Waals surface area contributed by atoms with Crippen LogP contribution in [0.4, 0.5) is 0 Å². The summed E-state index contributed by atoms with van der Waals surface area (Å²) in [5, 5.41) is 11.8. The van der Waals surface area contributed by atoms with Gasteiger partial charge < -0.3 is 10.4 Å². The van der Waals surface area contributed by atoms with Gasteiger partial charge >= 0.3 is 0 Å². The first-order chi connectivity index (χ1) is 6.52. The Hall–Kier alpha value is -0.130. The molecule has 0 aliphatic heterocycles. The van der Waals surface area contributed by atoms with E-state index in [0.717, 1.165) is 6.54 Å². The maximum absolute atomic E-state index is 11.1. The maximum atomic E-state index is 11.1. The van der Waals surface area contributed by atoms with Crippen LogP contribution in [0.1, 0.15) is 20.3 Å². The zero-order chi connectivity index (χ0) is 11.0. The summed E-state index contributed by atoms with van der Waals surface area (Å²) in [6.07, 6.45) is 0.647. The van der Waals surface area contributed by atoms with Crippen molar-refractivity contribution in [3.8, 4) is 0 Å². The molecule has 0 fully saturated rings. The smallest absolute Gasteiger partial charge is 0.150 e. The van der Waals surface area contributed by atoms with Gasteiger partial charge in [0.25, 0.3) is 0 Å². The van der Waals surface area contributed by atoms with E-state index in [1.807, 2.05) is 6.92 Å². The molecule has 0 rings (SSSR count). The van der Waals surface area contributed by atoms with E-state index in [1.165, 1.54) is 0 Å². The van der Waals surface area contributed by atoms with E-state index >= 15 is 0 Å². The van der Waals surface area contributed by atoms with Crippen LogP contribution in [-0.2, 0) is 9.84 Å². The van der Waals surface area contributed by atoms with E-state index in [1.54, 1.807) is 6.92 Å². The Morgan fingerprint density at radius 3 is 2.57 bits per heavy atom. The van der Waals surface area contributed by atoms with Crippen molar-refractivity contribution in [1.82, 2.24) is 5.32 Å². The molecule has 0 radical (unpaired) electrons. The fourth-order valence-electron chi connectivity index (χ4n) is 0.974. The lowest BCUT2D eigenvalue weighted by Gasteiger charge is -2.08. The second kappa shape index (κ2) is 7.20. The van der Waals surface area contributed by atoms with Crippen LogP contribution in [-0.4, -0.2) is 44.7 Å². The third kappa shape index (κ3) is 7.29. The van der Waals surface area contributed by atoms with Gasteiger partial charge in [0.05, 0.1) is 5.75 Å². The molecular formula is C9H21NO3S. The standard InChI is InChI=1S/C9H21NO3S/c1-3-14(12,13)6-4-5-10-7-9(2)8-11/h9-11H,3-8H2,1-2H3. The monoisotopic (exact) mass is 223 g/mol. The van der Waals surface area contributed by atoms with Crippen LogP contribution in [0.2, 0.25) is 0 Å². The number of hydrogen-bond donors (Lipinski definition) is 2. The second-order valence-electron chi connectivity index (χ2n) is 3.58. The van der Waals surface area contributed by atoms with Crippen LogP contribution >= 0.6 is 0 Å². The third-order valence-electron chi connectivity index (χ3n) is 2.05. The third-order valence-corrected chi connectivity index (χ3v) is 3.84. The molecule has 0 saturated carbocycles. The molecule has 0 heterocycles. The molecule has 2 N–H and O–H groups in total. The number of nitrogens with one attached hydrogen (secondary N) is 1. The van der Waals surface area contributed by atoms with Crippen molar-refractivity contribution >= 4 is 9.84 Å². The first-order valence-electron chi connectivity index (χ1n) is 5.03. The van der Waals surface area contributed by atoms with Crippen molar-refractivity contribution in [2.24, 2.45) is 5.92 Å². The molecule has 4 nitrogen and oxygen atoms in total. The Balaban J connectivity index is 3.39. The predicted molar refractivity (Wildman–Crippen MR) is 58.1 cm³/mol. The van der Waals surface area contributed by atoms with Gasteiger partial charge in [-0.15, -0.1) is 0 Å². The minimum absolute atomic E-state index is 0.167. The molecule has 0 aromatic heterocycles. The van der Waals surface area contributed by atoms with Crippen molar-refractivity contribution in [2.45, 2.75) is 20.3 Å². The van der Waals surface area contributed by atoms with Crippen molar-refractivity contribution in [3.63, 3.8) is 0 Å². The molecule has 0 aliphatic carbocycles.